The number of aryl methyl sites for hydroxylation is 1. The molecule has 3 aromatic rings. The number of fused-ring (bicyclic) bond motifs is 1. The van der Waals surface area contributed by atoms with Gasteiger partial charge >= 0.3 is 5.69 Å². The van der Waals surface area contributed by atoms with Gasteiger partial charge in [-0.2, -0.15) is 5.10 Å². The lowest BCUT2D eigenvalue weighted by Gasteiger charge is -2.15. The van der Waals surface area contributed by atoms with Gasteiger partial charge in [-0.15, -0.1) is 11.3 Å². The van der Waals surface area contributed by atoms with Crippen LogP contribution in [0.1, 0.15) is 29.2 Å². The predicted molar refractivity (Wildman–Crippen MR) is 117 cm³/mol. The standard InChI is InChI=1S/C21H26N6O2S/c1-25(2)12-13-27-21(29)26-11-10-16(8-9-18(26)24-27)22-19(28)17-14-30-20(23-17)15-6-4-3-5-7-15/h3-7,14,16H,8-13H2,1-2H3,(H,22,28). The van der Waals surface area contributed by atoms with Gasteiger partial charge in [-0.3, -0.25) is 9.36 Å². The Bertz CT molecular complexity index is 1070. The first-order valence-corrected chi connectivity index (χ1v) is 11.0. The molecule has 1 N–H and O–H groups in total. The molecule has 0 fully saturated rings. The zero-order chi connectivity index (χ0) is 21.1. The van der Waals surface area contributed by atoms with E-state index in [0.29, 0.717) is 31.6 Å². The lowest BCUT2D eigenvalue weighted by atomic mass is 10.1. The van der Waals surface area contributed by atoms with E-state index in [4.69, 9.17) is 0 Å². The zero-order valence-electron chi connectivity index (χ0n) is 17.2. The van der Waals surface area contributed by atoms with Gasteiger partial charge in [-0.25, -0.2) is 14.5 Å². The number of amides is 1. The maximum Gasteiger partial charge on any atom is 0.345 e. The van der Waals surface area contributed by atoms with E-state index >= 15 is 0 Å². The zero-order valence-corrected chi connectivity index (χ0v) is 18.1. The lowest BCUT2D eigenvalue weighted by Crippen LogP contribution is -2.36. The van der Waals surface area contributed by atoms with Gasteiger partial charge in [0.1, 0.15) is 16.5 Å². The minimum atomic E-state index is -0.165. The Hall–Kier alpha value is -2.78. The Morgan fingerprint density at radius 2 is 2.07 bits per heavy atom. The average Bonchev–Trinajstić information content (AvgIpc) is 3.29. The summed E-state index contributed by atoms with van der Waals surface area (Å²) in [5.41, 5.74) is 1.38. The first kappa shape index (κ1) is 20.5. The van der Waals surface area contributed by atoms with Crippen molar-refractivity contribution in [2.24, 2.45) is 0 Å². The summed E-state index contributed by atoms with van der Waals surface area (Å²) in [4.78, 5) is 31.8. The summed E-state index contributed by atoms with van der Waals surface area (Å²) < 4.78 is 3.30. The summed E-state index contributed by atoms with van der Waals surface area (Å²) in [7, 11) is 3.95. The van der Waals surface area contributed by atoms with Crippen molar-refractivity contribution < 1.29 is 4.79 Å². The van der Waals surface area contributed by atoms with Crippen LogP contribution in [-0.2, 0) is 19.5 Å². The minimum absolute atomic E-state index is 0.00398. The number of nitrogens with one attached hydrogen (secondary N) is 1. The molecule has 1 aliphatic heterocycles. The van der Waals surface area contributed by atoms with Crippen molar-refractivity contribution in [2.75, 3.05) is 20.6 Å². The molecule has 0 radical (unpaired) electrons. The van der Waals surface area contributed by atoms with Gasteiger partial charge < -0.3 is 10.2 Å². The van der Waals surface area contributed by atoms with E-state index in [2.05, 4.69) is 15.4 Å². The molecule has 3 heterocycles. The third kappa shape index (κ3) is 4.52. The summed E-state index contributed by atoms with van der Waals surface area (Å²) in [5.74, 6) is 0.636. The van der Waals surface area contributed by atoms with Crippen LogP contribution in [0, 0.1) is 0 Å². The molecule has 4 rings (SSSR count). The van der Waals surface area contributed by atoms with Gasteiger partial charge in [0, 0.05) is 36.5 Å². The van der Waals surface area contributed by atoms with Crippen LogP contribution in [0.15, 0.2) is 40.5 Å². The number of rotatable bonds is 6. The van der Waals surface area contributed by atoms with Gasteiger partial charge in [-0.1, -0.05) is 30.3 Å². The van der Waals surface area contributed by atoms with E-state index < -0.39 is 0 Å². The molecule has 0 bridgehead atoms. The molecule has 1 aromatic carbocycles. The van der Waals surface area contributed by atoms with Gasteiger partial charge in [0.2, 0.25) is 0 Å². The number of likely N-dealkylation sites (N-methyl/N-ethyl adjacent to an activating group) is 1. The molecule has 1 amide bonds. The van der Waals surface area contributed by atoms with Crippen LogP contribution in [0.3, 0.4) is 0 Å². The summed E-state index contributed by atoms with van der Waals surface area (Å²) in [6.45, 7) is 1.92. The van der Waals surface area contributed by atoms with Crippen LogP contribution in [0.25, 0.3) is 10.6 Å². The Morgan fingerprint density at radius 3 is 2.83 bits per heavy atom. The number of hydrogen-bond donors (Lipinski definition) is 1. The molecular formula is C21H26N6O2S. The maximum atomic E-state index is 12.7. The molecule has 30 heavy (non-hydrogen) atoms. The third-order valence-electron chi connectivity index (χ3n) is 5.27. The highest BCUT2D eigenvalue weighted by molar-refractivity contribution is 7.13. The Labute approximate surface area is 179 Å². The topological polar surface area (TPSA) is 85.0 Å². The Kier molecular flexibility index (Phi) is 6.10. The van der Waals surface area contributed by atoms with Crippen molar-refractivity contribution in [1.29, 1.82) is 0 Å². The average molecular weight is 427 g/mol. The molecule has 1 atom stereocenters. The van der Waals surface area contributed by atoms with E-state index in [-0.39, 0.29) is 17.6 Å². The highest BCUT2D eigenvalue weighted by Gasteiger charge is 2.23. The largest absolute Gasteiger partial charge is 0.348 e. The molecule has 9 heteroatoms. The second-order valence-electron chi connectivity index (χ2n) is 7.78. The molecule has 158 valence electrons. The smallest absolute Gasteiger partial charge is 0.345 e. The summed E-state index contributed by atoms with van der Waals surface area (Å²) in [6.07, 6.45) is 2.13. The van der Waals surface area contributed by atoms with E-state index in [1.54, 1.807) is 14.6 Å². The van der Waals surface area contributed by atoms with Gasteiger partial charge in [0.15, 0.2) is 0 Å². The number of hydrogen-bond acceptors (Lipinski definition) is 6. The highest BCUT2D eigenvalue weighted by atomic mass is 32.1. The number of thiazole rings is 1. The van der Waals surface area contributed by atoms with E-state index in [0.717, 1.165) is 29.4 Å². The quantitative estimate of drug-likeness (QED) is 0.650. The molecule has 0 aliphatic carbocycles. The highest BCUT2D eigenvalue weighted by Crippen LogP contribution is 2.23. The second-order valence-corrected chi connectivity index (χ2v) is 8.64. The maximum absolute atomic E-state index is 12.7. The molecule has 0 spiro atoms. The van der Waals surface area contributed by atoms with E-state index in [1.165, 1.54) is 11.3 Å². The number of nitrogens with zero attached hydrogens (tertiary/aromatic N) is 5. The number of benzene rings is 1. The second kappa shape index (κ2) is 8.93. The van der Waals surface area contributed by atoms with Crippen molar-refractivity contribution in [3.8, 4) is 10.6 Å². The molecule has 2 aromatic heterocycles. The lowest BCUT2D eigenvalue weighted by molar-refractivity contribution is 0.0928. The van der Waals surface area contributed by atoms with Crippen LogP contribution in [0.4, 0.5) is 0 Å². The van der Waals surface area contributed by atoms with Crippen LogP contribution < -0.4 is 11.0 Å². The fraction of sp³-hybridized carbons (Fsp3) is 0.429. The van der Waals surface area contributed by atoms with Crippen LogP contribution >= 0.6 is 11.3 Å². The Morgan fingerprint density at radius 1 is 1.27 bits per heavy atom. The molecule has 8 nitrogen and oxygen atoms in total. The van der Waals surface area contributed by atoms with Crippen molar-refractivity contribution >= 4 is 17.2 Å². The number of carbonyl (C=O) groups excluding carboxylic acids is 1. The molecule has 0 saturated carbocycles. The van der Waals surface area contributed by atoms with Crippen LogP contribution in [-0.4, -0.2) is 56.8 Å². The van der Waals surface area contributed by atoms with E-state index in [1.807, 2.05) is 49.3 Å². The van der Waals surface area contributed by atoms with Crippen molar-refractivity contribution in [3.63, 3.8) is 0 Å². The fourth-order valence-electron chi connectivity index (χ4n) is 3.56. The van der Waals surface area contributed by atoms with Crippen molar-refractivity contribution in [1.82, 2.24) is 29.5 Å². The van der Waals surface area contributed by atoms with Gasteiger partial charge in [-0.05, 0) is 26.9 Å². The molecular weight excluding hydrogens is 400 g/mol. The first-order valence-electron chi connectivity index (χ1n) is 10.1. The molecule has 1 aliphatic rings. The fourth-order valence-corrected chi connectivity index (χ4v) is 4.37. The predicted octanol–water partition coefficient (Wildman–Crippen LogP) is 1.86. The van der Waals surface area contributed by atoms with Gasteiger partial charge in [0.05, 0.1) is 6.54 Å². The van der Waals surface area contributed by atoms with E-state index in [9.17, 15) is 9.59 Å². The van der Waals surface area contributed by atoms with Gasteiger partial charge in [0.25, 0.3) is 5.91 Å². The van der Waals surface area contributed by atoms with Crippen LogP contribution in [0.2, 0.25) is 0 Å². The minimum Gasteiger partial charge on any atom is -0.348 e. The van der Waals surface area contributed by atoms with Crippen LogP contribution in [0.5, 0.6) is 0 Å². The number of aromatic nitrogens is 4. The van der Waals surface area contributed by atoms with Crippen molar-refractivity contribution in [3.05, 3.63) is 57.7 Å². The summed E-state index contributed by atoms with van der Waals surface area (Å²) in [5, 5.41) is 10.2. The monoisotopic (exact) mass is 426 g/mol. The summed E-state index contributed by atoms with van der Waals surface area (Å²) in [6, 6.07) is 9.84. The normalized spacial score (nSPS) is 16.3. The molecule has 1 unspecified atom stereocenters. The third-order valence-corrected chi connectivity index (χ3v) is 6.16. The van der Waals surface area contributed by atoms with Crippen molar-refractivity contribution in [2.45, 2.75) is 38.4 Å². The summed E-state index contributed by atoms with van der Waals surface area (Å²) >= 11 is 1.46. The Balaban J connectivity index is 1.38. The SMILES string of the molecule is CN(C)CCn1nc2n(c1=O)CCC(NC(=O)c1csc(-c3ccccc3)n1)CC2. The molecule has 0 saturated heterocycles. The first-order chi connectivity index (χ1) is 14.5. The number of carbonyl (C=O) groups is 1.